The van der Waals surface area contributed by atoms with Gasteiger partial charge >= 0.3 is 5.69 Å². The standard InChI is InChI=1S/C24H22N5O4S/c1-2-3-13-34-24-26-23-21(27-28-24)17-9-4-5-10-18(17)25-22(33-23)20-12-11-19(32-20)15-7-6-8-16(14-15)29(30)31/h4-12,14,22,25H,2-3,13H2,1H3,(H,30,31)/q+1. The average Bonchev–Trinajstić information content (AvgIpc) is 3.29. The largest absolute Gasteiger partial charge is 0.455 e. The third-order valence-corrected chi connectivity index (χ3v) is 6.22. The second-order valence-corrected chi connectivity index (χ2v) is 8.73. The van der Waals surface area contributed by atoms with Crippen LogP contribution in [-0.2, 0) is 0 Å². The molecule has 2 aromatic carbocycles. The summed E-state index contributed by atoms with van der Waals surface area (Å²) in [4.78, 5) is 15.7. The molecule has 0 radical (unpaired) electrons. The fourth-order valence-corrected chi connectivity index (χ4v) is 4.43. The van der Waals surface area contributed by atoms with Gasteiger partial charge in [0.15, 0.2) is 11.5 Å². The van der Waals surface area contributed by atoms with Gasteiger partial charge in [0.05, 0.1) is 4.91 Å². The van der Waals surface area contributed by atoms with Crippen molar-refractivity contribution in [3.8, 4) is 28.5 Å². The van der Waals surface area contributed by atoms with E-state index in [9.17, 15) is 10.1 Å². The molecule has 1 aliphatic rings. The molecule has 3 heterocycles. The first-order valence-corrected chi connectivity index (χ1v) is 11.9. The number of rotatable bonds is 7. The molecule has 0 saturated heterocycles. The highest BCUT2D eigenvalue weighted by Gasteiger charge is 2.28. The van der Waals surface area contributed by atoms with E-state index in [4.69, 9.17) is 9.15 Å². The quantitative estimate of drug-likeness (QED) is 0.188. The molecule has 2 N–H and O–H groups in total. The number of nitrogens with zero attached hydrogens (tertiary/aromatic N) is 4. The molecule has 1 unspecified atom stereocenters. The van der Waals surface area contributed by atoms with Gasteiger partial charge in [0.25, 0.3) is 4.92 Å². The van der Waals surface area contributed by atoms with E-state index in [1.165, 1.54) is 6.07 Å². The Morgan fingerprint density at radius 2 is 2.00 bits per heavy atom. The summed E-state index contributed by atoms with van der Waals surface area (Å²) < 4.78 is 12.3. The lowest BCUT2D eigenvalue weighted by Gasteiger charge is -2.16. The Bertz CT molecular complexity index is 1340. The maximum atomic E-state index is 11.3. The van der Waals surface area contributed by atoms with E-state index in [-0.39, 0.29) is 10.6 Å². The smallest absolute Gasteiger partial charge is 0.317 e. The lowest BCUT2D eigenvalue weighted by Crippen LogP contribution is -2.16. The highest BCUT2D eigenvalue weighted by Crippen LogP contribution is 2.40. The molecule has 4 aromatic rings. The maximum absolute atomic E-state index is 11.3. The molecule has 0 aliphatic carbocycles. The van der Waals surface area contributed by atoms with Gasteiger partial charge in [-0.2, -0.15) is 4.98 Å². The third-order valence-electron chi connectivity index (χ3n) is 5.30. The monoisotopic (exact) mass is 476 g/mol. The molecule has 0 bridgehead atoms. The van der Waals surface area contributed by atoms with Crippen LogP contribution in [0.4, 0.5) is 11.4 Å². The molecule has 2 aromatic heterocycles. The molecule has 9 nitrogen and oxygen atoms in total. The van der Waals surface area contributed by atoms with E-state index in [1.54, 1.807) is 42.1 Å². The lowest BCUT2D eigenvalue weighted by atomic mass is 10.1. The number of nitrogens with one attached hydrogen (secondary N) is 1. The van der Waals surface area contributed by atoms with E-state index in [0.717, 1.165) is 29.8 Å². The van der Waals surface area contributed by atoms with Crippen molar-refractivity contribution in [1.82, 2.24) is 15.2 Å². The average molecular weight is 477 g/mol. The van der Waals surface area contributed by atoms with E-state index in [1.807, 2.05) is 24.3 Å². The number of furan rings is 1. The molecule has 5 rings (SSSR count). The molecule has 0 amide bonds. The van der Waals surface area contributed by atoms with Gasteiger partial charge in [-0.1, -0.05) is 55.4 Å². The van der Waals surface area contributed by atoms with Crippen molar-refractivity contribution < 1.29 is 19.3 Å². The SMILES string of the molecule is CCCCSc1nnc2c(n1)OC(c1ccc(-c3cccc([N+](=O)O)c3)o1)Nc1ccccc1-2. The third kappa shape index (κ3) is 4.44. The summed E-state index contributed by atoms with van der Waals surface area (Å²) in [5, 5.41) is 21.8. The van der Waals surface area contributed by atoms with Crippen LogP contribution in [-0.4, -0.2) is 31.1 Å². The Kier molecular flexibility index (Phi) is 6.13. The zero-order valence-corrected chi connectivity index (χ0v) is 19.2. The lowest BCUT2D eigenvalue weighted by molar-refractivity contribution is -0.729. The minimum Gasteiger partial charge on any atom is -0.455 e. The predicted octanol–water partition coefficient (Wildman–Crippen LogP) is 5.99. The van der Waals surface area contributed by atoms with Gasteiger partial charge in [0, 0.05) is 34.7 Å². The molecular formula is C24H22N5O4S+. The second-order valence-electron chi connectivity index (χ2n) is 7.66. The minimum atomic E-state index is -0.668. The van der Waals surface area contributed by atoms with Crippen LogP contribution >= 0.6 is 11.8 Å². The molecule has 172 valence electrons. The number of ether oxygens (including phenoxy) is 1. The van der Waals surface area contributed by atoms with E-state index in [2.05, 4.69) is 27.4 Å². The van der Waals surface area contributed by atoms with Crippen LogP contribution in [0.25, 0.3) is 22.6 Å². The first-order chi connectivity index (χ1) is 16.6. The zero-order valence-electron chi connectivity index (χ0n) is 18.3. The van der Waals surface area contributed by atoms with Crippen LogP contribution < -0.4 is 10.1 Å². The van der Waals surface area contributed by atoms with Crippen molar-refractivity contribution in [2.45, 2.75) is 31.1 Å². The maximum Gasteiger partial charge on any atom is 0.317 e. The van der Waals surface area contributed by atoms with E-state index in [0.29, 0.717) is 33.8 Å². The predicted molar refractivity (Wildman–Crippen MR) is 127 cm³/mol. The first-order valence-electron chi connectivity index (χ1n) is 10.9. The van der Waals surface area contributed by atoms with E-state index >= 15 is 0 Å². The van der Waals surface area contributed by atoms with Crippen molar-refractivity contribution in [2.24, 2.45) is 0 Å². The van der Waals surface area contributed by atoms with Gasteiger partial charge in [-0.25, -0.2) is 5.21 Å². The molecule has 1 atom stereocenters. The summed E-state index contributed by atoms with van der Waals surface area (Å²) in [6.07, 6.45) is 1.49. The van der Waals surface area contributed by atoms with Gasteiger partial charge in [-0.15, -0.1) is 10.2 Å². The molecule has 34 heavy (non-hydrogen) atoms. The van der Waals surface area contributed by atoms with Gasteiger partial charge < -0.3 is 14.5 Å². The molecular weight excluding hydrogens is 454 g/mol. The Hall–Kier alpha value is -3.92. The van der Waals surface area contributed by atoms with Crippen LogP contribution in [0.3, 0.4) is 0 Å². The van der Waals surface area contributed by atoms with Crippen LogP contribution in [0.5, 0.6) is 5.88 Å². The van der Waals surface area contributed by atoms with Crippen molar-refractivity contribution >= 4 is 23.1 Å². The van der Waals surface area contributed by atoms with Gasteiger partial charge in [0.2, 0.25) is 17.3 Å². The van der Waals surface area contributed by atoms with Crippen molar-refractivity contribution in [3.05, 3.63) is 71.3 Å². The van der Waals surface area contributed by atoms with E-state index < -0.39 is 6.23 Å². The Balaban J connectivity index is 1.49. The number of para-hydroxylation sites is 1. The topological polar surface area (TPSA) is 113 Å². The molecule has 0 spiro atoms. The Labute approximate surface area is 199 Å². The highest BCUT2D eigenvalue weighted by molar-refractivity contribution is 7.99. The number of aromatic nitrogens is 3. The highest BCUT2D eigenvalue weighted by atomic mass is 32.2. The summed E-state index contributed by atoms with van der Waals surface area (Å²) in [5.74, 6) is 2.33. The zero-order chi connectivity index (χ0) is 23.5. The number of unbranched alkanes of at least 4 members (excludes halogenated alkanes) is 1. The first kappa shape index (κ1) is 21.9. The van der Waals surface area contributed by atoms with Gasteiger partial charge in [-0.05, 0) is 24.6 Å². The molecule has 10 heteroatoms. The van der Waals surface area contributed by atoms with Gasteiger partial charge in [0.1, 0.15) is 5.76 Å². The number of thioether (sulfide) groups is 1. The Morgan fingerprint density at radius 1 is 1.12 bits per heavy atom. The number of fused-ring (bicyclic) bond motifs is 3. The van der Waals surface area contributed by atoms with Crippen LogP contribution in [0.1, 0.15) is 31.8 Å². The summed E-state index contributed by atoms with van der Waals surface area (Å²) in [6.45, 7) is 2.14. The van der Waals surface area contributed by atoms with Crippen molar-refractivity contribution in [3.63, 3.8) is 0 Å². The number of hydrogen-bond acceptors (Lipinski definition) is 8. The number of hydrogen-bond donors (Lipinski definition) is 2. The minimum absolute atomic E-state index is 0.109. The summed E-state index contributed by atoms with van der Waals surface area (Å²) in [6, 6.07) is 17.8. The Morgan fingerprint density at radius 3 is 2.85 bits per heavy atom. The second kappa shape index (κ2) is 9.52. The molecule has 0 saturated carbocycles. The van der Waals surface area contributed by atoms with Crippen LogP contribution in [0, 0.1) is 4.91 Å². The molecule has 0 fully saturated rings. The van der Waals surface area contributed by atoms with Crippen LogP contribution in [0.15, 0.2) is 70.2 Å². The van der Waals surface area contributed by atoms with Crippen molar-refractivity contribution in [2.75, 3.05) is 11.1 Å². The molecule has 1 aliphatic heterocycles. The summed E-state index contributed by atoms with van der Waals surface area (Å²) in [7, 11) is 0. The van der Waals surface area contributed by atoms with Crippen LogP contribution in [0.2, 0.25) is 0 Å². The fourth-order valence-electron chi connectivity index (χ4n) is 3.57. The number of anilines is 1. The number of benzene rings is 2. The van der Waals surface area contributed by atoms with Gasteiger partial charge in [-0.3, -0.25) is 0 Å². The summed E-state index contributed by atoms with van der Waals surface area (Å²) in [5.41, 5.74) is 2.96. The fraction of sp³-hybridized carbons (Fsp3) is 0.208. The normalized spacial score (nSPS) is 14.3. The van der Waals surface area contributed by atoms with Crippen molar-refractivity contribution in [1.29, 1.82) is 0 Å². The summed E-state index contributed by atoms with van der Waals surface area (Å²) >= 11 is 1.55.